The van der Waals surface area contributed by atoms with Crippen molar-refractivity contribution in [2.75, 3.05) is 5.75 Å². The highest BCUT2D eigenvalue weighted by Gasteiger charge is 2.14. The van der Waals surface area contributed by atoms with E-state index >= 15 is 0 Å². The lowest BCUT2D eigenvalue weighted by Gasteiger charge is -2.07. The smallest absolute Gasteiger partial charge is 0.191 e. The Morgan fingerprint density at radius 3 is 3.06 bits per heavy atom. The van der Waals surface area contributed by atoms with Crippen molar-refractivity contribution in [3.63, 3.8) is 0 Å². The zero-order valence-corrected chi connectivity index (χ0v) is 10.7. The van der Waals surface area contributed by atoms with Gasteiger partial charge in [0.15, 0.2) is 5.16 Å². The maximum absolute atomic E-state index is 5.74. The van der Waals surface area contributed by atoms with Crippen LogP contribution in [0.4, 0.5) is 0 Å². The molecule has 0 spiro atoms. The Morgan fingerprint density at radius 1 is 1.38 bits per heavy atom. The van der Waals surface area contributed by atoms with Crippen molar-refractivity contribution in [3.05, 3.63) is 5.82 Å². The topological polar surface area (TPSA) is 56.7 Å². The van der Waals surface area contributed by atoms with Gasteiger partial charge in [0.2, 0.25) is 0 Å². The summed E-state index contributed by atoms with van der Waals surface area (Å²) in [5, 5.41) is 9.63. The molecule has 1 atom stereocenters. The van der Waals surface area contributed by atoms with Gasteiger partial charge in [-0.25, -0.2) is 0 Å². The predicted octanol–water partition coefficient (Wildman–Crippen LogP) is 1.83. The molecule has 0 amide bonds. The van der Waals surface area contributed by atoms with Crippen LogP contribution in [0, 0.1) is 0 Å². The normalized spacial score (nSPS) is 17.9. The Balaban J connectivity index is 1.96. The van der Waals surface area contributed by atoms with Gasteiger partial charge in [0, 0.05) is 24.8 Å². The first-order chi connectivity index (χ1) is 7.77. The molecule has 5 heteroatoms. The predicted molar refractivity (Wildman–Crippen MR) is 66.6 cm³/mol. The molecule has 1 aromatic rings. The van der Waals surface area contributed by atoms with Gasteiger partial charge in [0.1, 0.15) is 5.82 Å². The molecule has 0 fully saturated rings. The lowest BCUT2D eigenvalue weighted by molar-refractivity contribution is 0.590. The van der Waals surface area contributed by atoms with Crippen molar-refractivity contribution in [1.29, 1.82) is 0 Å². The van der Waals surface area contributed by atoms with Gasteiger partial charge in [-0.15, -0.1) is 10.2 Å². The molecule has 0 saturated heterocycles. The summed E-state index contributed by atoms with van der Waals surface area (Å²) >= 11 is 1.79. The van der Waals surface area contributed by atoms with Crippen LogP contribution in [-0.2, 0) is 13.0 Å². The summed E-state index contributed by atoms with van der Waals surface area (Å²) in [4.78, 5) is 0. The third-order valence-corrected chi connectivity index (χ3v) is 3.88. The van der Waals surface area contributed by atoms with E-state index < -0.39 is 0 Å². The van der Waals surface area contributed by atoms with E-state index in [0.29, 0.717) is 0 Å². The number of hydrogen-bond acceptors (Lipinski definition) is 4. The summed E-state index contributed by atoms with van der Waals surface area (Å²) in [5.41, 5.74) is 5.74. The molecule has 1 aliphatic rings. The standard InChI is InChI=1S/C11H20N4S/c1-9(12)6-8-16-11-14-13-10-5-3-2-4-7-15(10)11/h9H,2-8,12H2,1H3. The van der Waals surface area contributed by atoms with Crippen LogP contribution >= 0.6 is 11.8 Å². The first-order valence-corrected chi connectivity index (χ1v) is 7.06. The Bertz CT molecular complexity index is 335. The van der Waals surface area contributed by atoms with Crippen molar-refractivity contribution >= 4 is 11.8 Å². The molecule has 4 nitrogen and oxygen atoms in total. The lowest BCUT2D eigenvalue weighted by atomic mass is 10.2. The van der Waals surface area contributed by atoms with Gasteiger partial charge in [-0.3, -0.25) is 0 Å². The van der Waals surface area contributed by atoms with E-state index in [0.717, 1.165) is 30.3 Å². The number of fused-ring (bicyclic) bond motifs is 1. The minimum Gasteiger partial charge on any atom is -0.328 e. The minimum absolute atomic E-state index is 0.277. The molecule has 16 heavy (non-hydrogen) atoms. The molecule has 0 radical (unpaired) electrons. The monoisotopic (exact) mass is 240 g/mol. The maximum atomic E-state index is 5.74. The summed E-state index contributed by atoms with van der Waals surface area (Å²) in [6.45, 7) is 3.13. The molecule has 2 rings (SSSR count). The zero-order chi connectivity index (χ0) is 11.4. The highest BCUT2D eigenvalue weighted by molar-refractivity contribution is 7.99. The summed E-state index contributed by atoms with van der Waals surface area (Å²) in [6.07, 6.45) is 5.94. The van der Waals surface area contributed by atoms with Crippen LogP contribution in [0.15, 0.2) is 5.16 Å². The van der Waals surface area contributed by atoms with Gasteiger partial charge in [0.25, 0.3) is 0 Å². The Hall–Kier alpha value is -0.550. The van der Waals surface area contributed by atoms with Crippen LogP contribution in [0.1, 0.15) is 38.4 Å². The molecule has 1 aromatic heterocycles. The molecule has 1 aliphatic heterocycles. The number of aryl methyl sites for hydroxylation is 1. The van der Waals surface area contributed by atoms with Crippen LogP contribution in [0.3, 0.4) is 0 Å². The van der Waals surface area contributed by atoms with Crippen molar-refractivity contribution in [2.24, 2.45) is 5.73 Å². The summed E-state index contributed by atoms with van der Waals surface area (Å²) < 4.78 is 2.29. The summed E-state index contributed by atoms with van der Waals surface area (Å²) in [5.74, 6) is 2.20. The third-order valence-electron chi connectivity index (χ3n) is 2.88. The fraction of sp³-hybridized carbons (Fsp3) is 0.818. The van der Waals surface area contributed by atoms with Gasteiger partial charge in [-0.2, -0.15) is 0 Å². The number of thioether (sulfide) groups is 1. The molecule has 90 valence electrons. The van der Waals surface area contributed by atoms with Crippen LogP contribution in [0.25, 0.3) is 0 Å². The quantitative estimate of drug-likeness (QED) is 0.816. The van der Waals surface area contributed by atoms with E-state index in [1.165, 1.54) is 25.1 Å². The largest absolute Gasteiger partial charge is 0.328 e. The number of hydrogen-bond donors (Lipinski definition) is 1. The van der Waals surface area contributed by atoms with E-state index in [2.05, 4.69) is 14.8 Å². The van der Waals surface area contributed by atoms with Crippen molar-refractivity contribution in [3.8, 4) is 0 Å². The maximum Gasteiger partial charge on any atom is 0.191 e. The fourth-order valence-electron chi connectivity index (χ4n) is 1.90. The second kappa shape index (κ2) is 5.68. The number of nitrogens with zero attached hydrogens (tertiary/aromatic N) is 3. The minimum atomic E-state index is 0.277. The van der Waals surface area contributed by atoms with E-state index in [-0.39, 0.29) is 6.04 Å². The highest BCUT2D eigenvalue weighted by atomic mass is 32.2. The van der Waals surface area contributed by atoms with Crippen LogP contribution < -0.4 is 5.73 Å². The summed E-state index contributed by atoms with van der Waals surface area (Å²) in [7, 11) is 0. The highest BCUT2D eigenvalue weighted by Crippen LogP contribution is 2.22. The molecule has 0 saturated carbocycles. The Labute approximate surface area is 101 Å². The molecule has 1 unspecified atom stereocenters. The SMILES string of the molecule is CC(N)CCSc1nnc2n1CCCCC2. The molecule has 0 aromatic carbocycles. The lowest BCUT2D eigenvalue weighted by Crippen LogP contribution is -2.15. The first-order valence-electron chi connectivity index (χ1n) is 6.08. The zero-order valence-electron chi connectivity index (χ0n) is 9.85. The number of nitrogens with two attached hydrogens (primary N) is 1. The van der Waals surface area contributed by atoms with E-state index in [1.54, 1.807) is 11.8 Å². The molecule has 0 bridgehead atoms. The average Bonchev–Trinajstić information content (AvgIpc) is 2.49. The summed E-state index contributed by atoms with van der Waals surface area (Å²) in [6, 6.07) is 0.277. The Morgan fingerprint density at radius 2 is 2.25 bits per heavy atom. The van der Waals surface area contributed by atoms with Gasteiger partial charge in [-0.05, 0) is 26.2 Å². The average molecular weight is 240 g/mol. The van der Waals surface area contributed by atoms with Crippen LogP contribution in [-0.4, -0.2) is 26.6 Å². The molecular formula is C11H20N4S. The fourth-order valence-corrected chi connectivity index (χ4v) is 3.02. The van der Waals surface area contributed by atoms with E-state index in [9.17, 15) is 0 Å². The second-order valence-electron chi connectivity index (χ2n) is 4.48. The Kier molecular flexibility index (Phi) is 4.23. The van der Waals surface area contributed by atoms with Crippen molar-refractivity contribution < 1.29 is 0 Å². The van der Waals surface area contributed by atoms with Crippen LogP contribution in [0.2, 0.25) is 0 Å². The number of rotatable bonds is 4. The van der Waals surface area contributed by atoms with Gasteiger partial charge in [0.05, 0.1) is 0 Å². The molecule has 0 aliphatic carbocycles. The molecular weight excluding hydrogens is 220 g/mol. The van der Waals surface area contributed by atoms with Crippen molar-refractivity contribution in [1.82, 2.24) is 14.8 Å². The molecule has 2 N–H and O–H groups in total. The van der Waals surface area contributed by atoms with E-state index in [1.807, 2.05) is 6.92 Å². The van der Waals surface area contributed by atoms with Gasteiger partial charge in [-0.1, -0.05) is 18.2 Å². The van der Waals surface area contributed by atoms with Crippen molar-refractivity contribution in [2.45, 2.75) is 56.8 Å². The second-order valence-corrected chi connectivity index (χ2v) is 5.54. The van der Waals surface area contributed by atoms with Gasteiger partial charge >= 0.3 is 0 Å². The van der Waals surface area contributed by atoms with Gasteiger partial charge < -0.3 is 10.3 Å². The van der Waals surface area contributed by atoms with Crippen LogP contribution in [0.5, 0.6) is 0 Å². The number of aromatic nitrogens is 3. The first kappa shape index (κ1) is 11.9. The molecule has 2 heterocycles. The van der Waals surface area contributed by atoms with E-state index in [4.69, 9.17) is 5.73 Å². The third kappa shape index (κ3) is 2.98.